The summed E-state index contributed by atoms with van der Waals surface area (Å²) in [5.41, 5.74) is 2.00. The first-order valence-corrected chi connectivity index (χ1v) is 16.7. The third-order valence-electron chi connectivity index (χ3n) is 7.79. The smallest absolute Gasteiger partial charge is 0.326 e. The topological polar surface area (TPSA) is 66.5 Å². The molecule has 2 aliphatic rings. The average molecular weight is 640 g/mol. The van der Waals surface area contributed by atoms with Crippen LogP contribution in [0, 0.1) is 9.49 Å². The van der Waals surface area contributed by atoms with E-state index in [1.165, 1.54) is 0 Å². The summed E-state index contributed by atoms with van der Waals surface area (Å²) in [6.45, 7) is 14.4. The van der Waals surface area contributed by atoms with Gasteiger partial charge in [0.25, 0.3) is 0 Å². The quantitative estimate of drug-likeness (QED) is 0.191. The highest BCUT2D eigenvalue weighted by Crippen LogP contribution is 2.42. The van der Waals surface area contributed by atoms with Crippen LogP contribution in [0.5, 0.6) is 11.5 Å². The highest BCUT2D eigenvalue weighted by atomic mass is 127. The van der Waals surface area contributed by atoms with E-state index in [1.807, 2.05) is 49.4 Å². The summed E-state index contributed by atoms with van der Waals surface area (Å²) in [4.78, 5) is 19.3. The van der Waals surface area contributed by atoms with E-state index in [2.05, 4.69) is 56.5 Å². The second-order valence-corrected chi connectivity index (χ2v) is 17.3. The zero-order chi connectivity index (χ0) is 27.0. The van der Waals surface area contributed by atoms with Gasteiger partial charge < -0.3 is 18.6 Å². The molecule has 0 amide bonds. The minimum absolute atomic E-state index is 0.0799. The zero-order valence-electron chi connectivity index (χ0n) is 22.7. The average Bonchev–Trinajstić information content (AvgIpc) is 3.35. The van der Waals surface area contributed by atoms with E-state index >= 15 is 0 Å². The predicted molar refractivity (Wildman–Crippen MR) is 153 cm³/mol. The van der Waals surface area contributed by atoms with Gasteiger partial charge in [-0.25, -0.2) is 0 Å². The molecule has 2 aliphatic heterocycles. The second kappa shape index (κ2) is 11.2. The molecule has 9 heteroatoms. The summed E-state index contributed by atoms with van der Waals surface area (Å²) in [6, 6.07) is 13.4. The molecule has 0 aliphatic carbocycles. The number of ether oxygens (including phenoxy) is 3. The zero-order valence-corrected chi connectivity index (χ0v) is 25.9. The number of methoxy groups -OCH3 is 1. The van der Waals surface area contributed by atoms with Crippen molar-refractivity contribution in [3.63, 3.8) is 0 Å². The molecule has 0 N–H and O–H groups in total. The first kappa shape index (κ1) is 28.3. The van der Waals surface area contributed by atoms with Gasteiger partial charge in [-0.05, 0) is 71.4 Å². The summed E-state index contributed by atoms with van der Waals surface area (Å²) in [7, 11) is -0.317. The number of hydrogen-bond donors (Lipinski definition) is 0. The number of nitrogens with zero attached hydrogens (tertiary/aromatic N) is 1. The van der Waals surface area contributed by atoms with Crippen LogP contribution in [-0.4, -0.2) is 51.3 Å². The maximum Gasteiger partial charge on any atom is 0.326 e. The molecular formula is C28H38INO6Si. The van der Waals surface area contributed by atoms with Crippen molar-refractivity contribution in [2.75, 3.05) is 13.7 Å². The molecule has 0 unspecified atom stereocenters. The first-order valence-electron chi connectivity index (χ1n) is 12.7. The van der Waals surface area contributed by atoms with Crippen LogP contribution in [0.25, 0.3) is 0 Å². The molecule has 0 aromatic heterocycles. The van der Waals surface area contributed by atoms with E-state index < -0.39 is 14.4 Å². The van der Waals surface area contributed by atoms with Gasteiger partial charge in [-0.3, -0.25) is 9.63 Å². The van der Waals surface area contributed by atoms with Crippen LogP contribution >= 0.6 is 22.6 Å². The summed E-state index contributed by atoms with van der Waals surface area (Å²) in [6.07, 6.45) is -0.468. The van der Waals surface area contributed by atoms with Crippen LogP contribution in [0.1, 0.15) is 38.8 Å². The number of fused-ring (bicyclic) bond motifs is 1. The number of benzene rings is 2. The van der Waals surface area contributed by atoms with Gasteiger partial charge in [0.05, 0.1) is 29.7 Å². The van der Waals surface area contributed by atoms with Crippen LogP contribution in [-0.2, 0) is 31.9 Å². The Bertz CT molecular complexity index is 1100. The third-order valence-corrected chi connectivity index (χ3v) is 13.1. The van der Waals surface area contributed by atoms with E-state index in [-0.39, 0.29) is 29.1 Å². The molecule has 0 bridgehead atoms. The lowest BCUT2D eigenvalue weighted by Crippen LogP contribution is -2.44. The number of halogens is 1. The second-order valence-electron chi connectivity index (χ2n) is 11.3. The largest absolute Gasteiger partial charge is 0.497 e. The highest BCUT2D eigenvalue weighted by Gasteiger charge is 2.57. The molecule has 2 heterocycles. The van der Waals surface area contributed by atoms with Gasteiger partial charge in [-0.1, -0.05) is 45.0 Å². The van der Waals surface area contributed by atoms with Gasteiger partial charge >= 0.3 is 5.97 Å². The van der Waals surface area contributed by atoms with Crippen LogP contribution in [0.15, 0.2) is 42.5 Å². The lowest BCUT2D eigenvalue weighted by Gasteiger charge is -2.37. The first-order chi connectivity index (χ1) is 17.4. The van der Waals surface area contributed by atoms with Crippen LogP contribution in [0.4, 0.5) is 0 Å². The molecular weight excluding hydrogens is 601 g/mol. The molecule has 202 valence electrons. The molecule has 2 aromatic carbocycles. The van der Waals surface area contributed by atoms with E-state index in [1.54, 1.807) is 12.2 Å². The highest BCUT2D eigenvalue weighted by molar-refractivity contribution is 14.1. The Kier molecular flexibility index (Phi) is 8.59. The minimum Gasteiger partial charge on any atom is -0.497 e. The van der Waals surface area contributed by atoms with Crippen molar-refractivity contribution in [2.24, 2.45) is 5.92 Å². The summed E-state index contributed by atoms with van der Waals surface area (Å²) in [5.74, 6) is 1.28. The maximum absolute atomic E-state index is 12.9. The Balaban J connectivity index is 1.51. The molecule has 37 heavy (non-hydrogen) atoms. The van der Waals surface area contributed by atoms with Crippen LogP contribution < -0.4 is 9.47 Å². The predicted octanol–water partition coefficient (Wildman–Crippen LogP) is 5.95. The Hall–Kier alpha value is -1.66. The lowest BCUT2D eigenvalue weighted by molar-refractivity contribution is -0.195. The lowest BCUT2D eigenvalue weighted by atomic mass is 9.93. The molecule has 2 saturated heterocycles. The van der Waals surface area contributed by atoms with E-state index in [0.29, 0.717) is 19.8 Å². The summed E-state index contributed by atoms with van der Waals surface area (Å²) < 4.78 is 24.7. The van der Waals surface area contributed by atoms with E-state index in [9.17, 15) is 4.79 Å². The van der Waals surface area contributed by atoms with Crippen molar-refractivity contribution in [3.05, 3.63) is 57.2 Å². The Morgan fingerprint density at radius 1 is 1.11 bits per heavy atom. The number of cyclic esters (lactones) is 1. The van der Waals surface area contributed by atoms with Gasteiger partial charge in [-0.2, -0.15) is 5.06 Å². The number of carbonyl (C=O) groups is 1. The van der Waals surface area contributed by atoms with Gasteiger partial charge in [-0.15, -0.1) is 0 Å². The van der Waals surface area contributed by atoms with Gasteiger partial charge in [0.2, 0.25) is 0 Å². The third kappa shape index (κ3) is 6.16. The molecule has 2 fully saturated rings. The van der Waals surface area contributed by atoms with Crippen molar-refractivity contribution in [2.45, 2.75) is 77.2 Å². The molecule has 7 nitrogen and oxygen atoms in total. The van der Waals surface area contributed by atoms with E-state index in [4.69, 9.17) is 23.5 Å². The summed E-state index contributed by atoms with van der Waals surface area (Å²) >= 11 is 2.29. The minimum atomic E-state index is -1.97. The van der Waals surface area contributed by atoms with Crippen LogP contribution in [0.2, 0.25) is 18.1 Å². The van der Waals surface area contributed by atoms with E-state index in [0.717, 1.165) is 26.2 Å². The van der Waals surface area contributed by atoms with Crippen molar-refractivity contribution < 1.29 is 28.3 Å². The van der Waals surface area contributed by atoms with Gasteiger partial charge in [0.15, 0.2) is 8.32 Å². The Morgan fingerprint density at radius 3 is 2.46 bits per heavy atom. The molecule has 2 aromatic rings. The van der Waals surface area contributed by atoms with Crippen molar-refractivity contribution >= 4 is 36.9 Å². The summed E-state index contributed by atoms with van der Waals surface area (Å²) in [5, 5.41) is 1.87. The number of hydroxylamine groups is 2. The number of hydrogen-bond acceptors (Lipinski definition) is 7. The van der Waals surface area contributed by atoms with Gasteiger partial charge in [0, 0.05) is 5.56 Å². The van der Waals surface area contributed by atoms with Gasteiger partial charge in [0.1, 0.15) is 36.4 Å². The van der Waals surface area contributed by atoms with Crippen molar-refractivity contribution in [3.8, 4) is 11.5 Å². The fraction of sp³-hybridized carbons (Fsp3) is 0.536. The molecule has 4 rings (SSSR count). The van der Waals surface area contributed by atoms with Crippen LogP contribution in [0.3, 0.4) is 0 Å². The fourth-order valence-electron chi connectivity index (χ4n) is 4.54. The maximum atomic E-state index is 12.9. The van der Waals surface area contributed by atoms with Crippen molar-refractivity contribution in [1.82, 2.24) is 5.06 Å². The SMILES string of the molecule is COc1ccc(COc2c(I)cccc2CN2O[C@@H](CO[Si](C)(C)C(C)(C)C)[C@H]3[C@H](C)OC(=O)[C@H]32)cc1. The molecule has 4 atom stereocenters. The Morgan fingerprint density at radius 2 is 1.81 bits per heavy atom. The number of para-hydroxylation sites is 1. The molecule has 0 saturated carbocycles. The fourth-order valence-corrected chi connectivity index (χ4v) is 6.26. The standard InChI is InChI=1S/C28H38INO6Si/c1-18-24-23(17-34-37(6,7)28(2,3)4)36-30(25(24)27(31)35-18)15-20-9-8-10-22(29)26(20)33-16-19-11-13-21(32-5)14-12-19/h8-14,18,23-25H,15-17H2,1-7H3/t18-,23-,24+,25-/m0/s1. The molecule has 0 spiro atoms. The van der Waals surface area contributed by atoms with Crippen molar-refractivity contribution in [1.29, 1.82) is 0 Å². The monoisotopic (exact) mass is 639 g/mol. The normalized spacial score (nSPS) is 24.2. The Labute approximate surface area is 235 Å². The number of rotatable bonds is 9. The molecule has 0 radical (unpaired) electrons. The number of carbonyl (C=O) groups excluding carboxylic acids is 1. The number of esters is 1.